The first-order valence-corrected chi connectivity index (χ1v) is 14.4. The molecule has 0 aromatic heterocycles. The van der Waals surface area contributed by atoms with Crippen molar-refractivity contribution in [3.63, 3.8) is 0 Å². The molecule has 1 aliphatic heterocycles. The lowest BCUT2D eigenvalue weighted by molar-refractivity contribution is -0.385. The van der Waals surface area contributed by atoms with E-state index in [0.29, 0.717) is 65.9 Å². The quantitative estimate of drug-likeness (QED) is 0.242. The molecule has 3 aliphatic rings. The molecule has 0 saturated heterocycles. The minimum atomic E-state index is -4.79. The lowest BCUT2D eigenvalue weighted by atomic mass is 9.71. The van der Waals surface area contributed by atoms with E-state index in [1.165, 1.54) is 0 Å². The van der Waals surface area contributed by atoms with E-state index in [9.17, 15) is 42.8 Å². The van der Waals surface area contributed by atoms with Gasteiger partial charge in [-0.1, -0.05) is 0 Å². The Morgan fingerprint density at radius 1 is 1.00 bits per heavy atom. The van der Waals surface area contributed by atoms with Crippen molar-refractivity contribution in [2.24, 2.45) is 0 Å². The number of benzene rings is 2. The summed E-state index contributed by atoms with van der Waals surface area (Å²) in [6.07, 6.45) is -2.27. The van der Waals surface area contributed by atoms with Gasteiger partial charge in [0.05, 0.1) is 19.4 Å². The fourth-order valence-electron chi connectivity index (χ4n) is 5.75. The maximum absolute atomic E-state index is 13.3. The van der Waals surface area contributed by atoms with Crippen LogP contribution in [0.5, 0.6) is 11.5 Å². The van der Waals surface area contributed by atoms with Gasteiger partial charge >= 0.3 is 17.8 Å². The van der Waals surface area contributed by atoms with E-state index in [-0.39, 0.29) is 45.6 Å². The zero-order chi connectivity index (χ0) is 30.5. The van der Waals surface area contributed by atoms with E-state index < -0.39 is 40.0 Å². The Hall–Kier alpha value is -3.52. The molecule has 2 aliphatic carbocycles. The summed E-state index contributed by atoms with van der Waals surface area (Å²) in [6, 6.07) is 5.11. The zero-order valence-electron chi connectivity index (χ0n) is 21.6. The second-order valence-electron chi connectivity index (χ2n) is 10.0. The van der Waals surface area contributed by atoms with Gasteiger partial charge in [0, 0.05) is 47.4 Å². The summed E-state index contributed by atoms with van der Waals surface area (Å²) in [6.45, 7) is -0.378. The smallest absolute Gasteiger partial charge is 0.416 e. The van der Waals surface area contributed by atoms with E-state index >= 15 is 0 Å². The number of carbonyl (C=O) groups is 3. The highest BCUT2D eigenvalue weighted by atomic mass is 79.9. The maximum Gasteiger partial charge on any atom is 0.416 e. The molecule has 14 heteroatoms. The normalized spacial score (nSPS) is 17.8. The number of carboxylic acid groups (broad SMARTS) is 1. The fraction of sp³-hybridized carbons (Fsp3) is 0.321. The van der Waals surface area contributed by atoms with Crippen molar-refractivity contribution in [3.8, 4) is 11.5 Å². The Bertz CT molecular complexity index is 1550. The molecule has 220 valence electrons. The number of ketones is 2. The van der Waals surface area contributed by atoms with E-state index in [4.69, 9.17) is 4.74 Å². The van der Waals surface area contributed by atoms with E-state index in [0.717, 1.165) is 6.07 Å². The third kappa shape index (κ3) is 5.49. The molecule has 9 nitrogen and oxygen atoms in total. The molecule has 0 spiro atoms. The molecular weight excluding hydrogens is 693 g/mol. The van der Waals surface area contributed by atoms with Crippen LogP contribution < -0.4 is 4.74 Å². The number of nitrogens with zero attached hydrogens (tertiary/aromatic N) is 2. The SMILES string of the molecule is O=C(O)CN1C2=C(C(=O)CCC2)C(c2cc(Br)c(Oc3ccc(C(F)(F)F)cc3[N+](=O)[O-])c(Br)c2)C2=C1CCCC2=O. The highest BCUT2D eigenvalue weighted by Crippen LogP contribution is 2.51. The first kappa shape index (κ1) is 30.0. The molecule has 2 aromatic carbocycles. The average Bonchev–Trinajstić information content (AvgIpc) is 2.90. The van der Waals surface area contributed by atoms with Crippen molar-refractivity contribution >= 4 is 55.1 Å². The number of aliphatic carboxylic acids is 1. The van der Waals surface area contributed by atoms with Gasteiger partial charge in [0.1, 0.15) is 6.54 Å². The van der Waals surface area contributed by atoms with Gasteiger partial charge < -0.3 is 14.7 Å². The third-order valence-electron chi connectivity index (χ3n) is 7.43. The highest BCUT2D eigenvalue weighted by molar-refractivity contribution is 9.11. The van der Waals surface area contributed by atoms with Crippen molar-refractivity contribution in [3.05, 3.63) is 83.1 Å². The monoisotopic (exact) mass is 712 g/mol. The molecule has 0 atom stereocenters. The van der Waals surface area contributed by atoms with Crippen molar-refractivity contribution in [2.75, 3.05) is 6.54 Å². The number of alkyl halides is 3. The molecule has 0 radical (unpaired) electrons. The van der Waals surface area contributed by atoms with Gasteiger partial charge in [0.15, 0.2) is 17.3 Å². The molecule has 1 N–H and O–H groups in total. The lowest BCUT2D eigenvalue weighted by Crippen LogP contribution is -2.41. The first-order chi connectivity index (χ1) is 19.8. The predicted molar refractivity (Wildman–Crippen MR) is 149 cm³/mol. The predicted octanol–water partition coefficient (Wildman–Crippen LogP) is 7.43. The van der Waals surface area contributed by atoms with Crippen LogP contribution >= 0.6 is 31.9 Å². The Kier molecular flexibility index (Phi) is 8.05. The molecule has 42 heavy (non-hydrogen) atoms. The summed E-state index contributed by atoms with van der Waals surface area (Å²) < 4.78 is 45.7. The van der Waals surface area contributed by atoms with Crippen LogP contribution in [0.15, 0.2) is 61.8 Å². The number of ether oxygens (including phenoxy) is 1. The van der Waals surface area contributed by atoms with Gasteiger partial charge in [-0.05, 0) is 87.4 Å². The van der Waals surface area contributed by atoms with Crippen molar-refractivity contribution in [1.29, 1.82) is 0 Å². The highest BCUT2D eigenvalue weighted by Gasteiger charge is 2.44. The summed E-state index contributed by atoms with van der Waals surface area (Å²) in [5, 5.41) is 21.2. The number of hydrogen-bond donors (Lipinski definition) is 1. The van der Waals surface area contributed by atoms with E-state index in [1.54, 1.807) is 17.0 Å². The number of Topliss-reactive ketones (excluding diaryl/α,β-unsaturated/α-hetero) is 2. The van der Waals surface area contributed by atoms with Crippen LogP contribution in [0.4, 0.5) is 18.9 Å². The summed E-state index contributed by atoms with van der Waals surface area (Å²) in [4.78, 5) is 50.6. The number of rotatable bonds is 6. The topological polar surface area (TPSA) is 127 Å². The second-order valence-corrected chi connectivity index (χ2v) is 11.7. The number of halogens is 5. The summed E-state index contributed by atoms with van der Waals surface area (Å²) in [5.41, 5.74) is 0.323. The molecule has 0 saturated carbocycles. The number of hydrogen-bond acceptors (Lipinski definition) is 7. The van der Waals surface area contributed by atoms with Gasteiger partial charge in [-0.15, -0.1) is 0 Å². The van der Waals surface area contributed by atoms with Gasteiger partial charge in [0.2, 0.25) is 5.75 Å². The zero-order valence-corrected chi connectivity index (χ0v) is 24.8. The summed E-state index contributed by atoms with van der Waals surface area (Å²) in [7, 11) is 0. The molecule has 0 bridgehead atoms. The number of carbonyl (C=O) groups excluding carboxylic acids is 2. The summed E-state index contributed by atoms with van der Waals surface area (Å²) >= 11 is 6.77. The first-order valence-electron chi connectivity index (χ1n) is 12.8. The minimum absolute atomic E-state index is 0.0262. The van der Waals surface area contributed by atoms with Crippen LogP contribution in [-0.2, 0) is 20.6 Å². The van der Waals surface area contributed by atoms with E-state index in [1.807, 2.05) is 0 Å². The minimum Gasteiger partial charge on any atom is -0.480 e. The Morgan fingerprint density at radius 2 is 1.55 bits per heavy atom. The fourth-order valence-corrected chi connectivity index (χ4v) is 7.14. The molecule has 2 aromatic rings. The Morgan fingerprint density at radius 3 is 2.02 bits per heavy atom. The van der Waals surface area contributed by atoms with Crippen molar-refractivity contribution in [1.82, 2.24) is 4.90 Å². The maximum atomic E-state index is 13.3. The largest absolute Gasteiger partial charge is 0.480 e. The Balaban J connectivity index is 1.62. The standard InChI is InChI=1S/C28H21Br2F3N2O7/c29-15-9-13(10-16(30)27(15)42-22-8-7-14(28(31,32)33)11-19(22)35(40)41)24-25-17(3-1-5-20(25)36)34(12-23(38)39)18-4-2-6-21(37)26(18)24/h7-11,24H,1-6,12H2,(H,38,39). The molecule has 0 fully saturated rings. The van der Waals surface area contributed by atoms with Gasteiger partial charge in [-0.3, -0.25) is 24.5 Å². The van der Waals surface area contributed by atoms with E-state index in [2.05, 4.69) is 31.9 Å². The second kappa shape index (κ2) is 11.3. The van der Waals surface area contributed by atoms with Crippen LogP contribution in [0.1, 0.15) is 55.6 Å². The van der Waals surface area contributed by atoms with Crippen LogP contribution in [0.3, 0.4) is 0 Å². The molecule has 0 unspecified atom stereocenters. The van der Waals surface area contributed by atoms with Crippen LogP contribution in [0.2, 0.25) is 0 Å². The number of nitro groups is 1. The van der Waals surface area contributed by atoms with Gasteiger partial charge in [-0.25, -0.2) is 0 Å². The van der Waals surface area contributed by atoms with Gasteiger partial charge in [0.25, 0.3) is 0 Å². The number of allylic oxidation sites excluding steroid dienone is 4. The molecule has 5 rings (SSSR count). The van der Waals surface area contributed by atoms with Crippen molar-refractivity contribution in [2.45, 2.75) is 50.6 Å². The third-order valence-corrected chi connectivity index (χ3v) is 8.61. The molecular formula is C28H21Br2F3N2O7. The molecule has 0 amide bonds. The van der Waals surface area contributed by atoms with Crippen LogP contribution in [-0.4, -0.2) is 39.0 Å². The molecule has 1 heterocycles. The van der Waals surface area contributed by atoms with Gasteiger partial charge in [-0.2, -0.15) is 13.2 Å². The lowest BCUT2D eigenvalue weighted by Gasteiger charge is -2.43. The van der Waals surface area contributed by atoms with Crippen molar-refractivity contribution < 1.29 is 42.3 Å². The summed E-state index contributed by atoms with van der Waals surface area (Å²) in [5.74, 6) is -2.64. The van der Waals surface area contributed by atoms with Crippen LogP contribution in [0, 0.1) is 10.1 Å². The number of nitro benzene ring substituents is 1. The number of carboxylic acids is 1. The average molecular weight is 714 g/mol. The Labute approximate surface area is 253 Å². The van der Waals surface area contributed by atoms with Crippen LogP contribution in [0.25, 0.3) is 0 Å².